The predicted octanol–water partition coefficient (Wildman–Crippen LogP) is 4.08. The summed E-state index contributed by atoms with van der Waals surface area (Å²) in [6.45, 7) is 2.50. The molecule has 1 aliphatic carbocycles. The van der Waals surface area contributed by atoms with Gasteiger partial charge in [0.05, 0.1) is 5.92 Å². The van der Waals surface area contributed by atoms with Crippen LogP contribution >= 0.6 is 0 Å². The van der Waals surface area contributed by atoms with E-state index in [1.165, 1.54) is 0 Å². The van der Waals surface area contributed by atoms with Gasteiger partial charge in [-0.25, -0.2) is 0 Å². The van der Waals surface area contributed by atoms with E-state index in [1.807, 2.05) is 49.4 Å². The van der Waals surface area contributed by atoms with E-state index in [2.05, 4.69) is 0 Å². The number of aliphatic carboxylic acids is 1. The molecule has 0 fully saturated rings. The Bertz CT molecular complexity index is 677. The molecule has 22 heavy (non-hydrogen) atoms. The molecule has 0 saturated carbocycles. The van der Waals surface area contributed by atoms with Crippen LogP contribution in [0.25, 0.3) is 0 Å². The summed E-state index contributed by atoms with van der Waals surface area (Å²) < 4.78 is 5.98. The zero-order chi connectivity index (χ0) is 15.5. The standard InChI is InChI=1S/C19H20O3/c1-13-10-11-17(22-12-14-6-3-2-4-7-14)15-8-5-9-16(18(13)15)19(20)21/h2-4,6-7,10-11,16H,5,8-9,12H2,1H3,(H,20,21). The number of carbonyl (C=O) groups is 1. The third-order valence-corrected chi connectivity index (χ3v) is 4.34. The Hall–Kier alpha value is -2.29. The van der Waals surface area contributed by atoms with E-state index in [-0.39, 0.29) is 0 Å². The van der Waals surface area contributed by atoms with Gasteiger partial charge in [0.25, 0.3) is 0 Å². The molecular formula is C19H20O3. The van der Waals surface area contributed by atoms with Gasteiger partial charge in [0.15, 0.2) is 0 Å². The van der Waals surface area contributed by atoms with Gasteiger partial charge in [-0.3, -0.25) is 4.79 Å². The van der Waals surface area contributed by atoms with Crippen LogP contribution in [0, 0.1) is 6.92 Å². The molecule has 0 radical (unpaired) electrons. The van der Waals surface area contributed by atoms with Crippen molar-refractivity contribution >= 4 is 5.97 Å². The molecule has 3 nitrogen and oxygen atoms in total. The van der Waals surface area contributed by atoms with Crippen LogP contribution in [0.3, 0.4) is 0 Å². The zero-order valence-corrected chi connectivity index (χ0v) is 12.7. The lowest BCUT2D eigenvalue weighted by atomic mass is 9.80. The number of benzene rings is 2. The highest BCUT2D eigenvalue weighted by atomic mass is 16.5. The Morgan fingerprint density at radius 3 is 2.73 bits per heavy atom. The summed E-state index contributed by atoms with van der Waals surface area (Å²) in [4.78, 5) is 11.5. The fourth-order valence-electron chi connectivity index (χ4n) is 3.25. The molecule has 2 aromatic carbocycles. The average Bonchev–Trinajstić information content (AvgIpc) is 2.55. The van der Waals surface area contributed by atoms with Gasteiger partial charge in [-0.2, -0.15) is 0 Å². The van der Waals surface area contributed by atoms with Crippen LogP contribution in [0.1, 0.15) is 41.0 Å². The molecule has 1 aliphatic rings. The number of hydrogen-bond acceptors (Lipinski definition) is 2. The first kappa shape index (κ1) is 14.6. The Kier molecular flexibility index (Phi) is 4.14. The molecule has 0 amide bonds. The van der Waals surface area contributed by atoms with Crippen molar-refractivity contribution in [3.8, 4) is 5.75 Å². The van der Waals surface area contributed by atoms with Crippen LogP contribution < -0.4 is 4.74 Å². The second-order valence-electron chi connectivity index (χ2n) is 5.83. The average molecular weight is 296 g/mol. The highest BCUT2D eigenvalue weighted by Gasteiger charge is 2.29. The van der Waals surface area contributed by atoms with Crippen LogP contribution in [0.2, 0.25) is 0 Å². The third kappa shape index (κ3) is 2.84. The number of rotatable bonds is 4. The lowest BCUT2D eigenvalue weighted by Gasteiger charge is -2.26. The van der Waals surface area contributed by atoms with Gasteiger partial charge in [0.1, 0.15) is 12.4 Å². The van der Waals surface area contributed by atoms with Gasteiger partial charge < -0.3 is 9.84 Å². The first-order valence-electron chi connectivity index (χ1n) is 7.68. The molecule has 0 saturated heterocycles. The molecule has 0 aromatic heterocycles. The maximum Gasteiger partial charge on any atom is 0.310 e. The molecule has 114 valence electrons. The van der Waals surface area contributed by atoms with Crippen LogP contribution in [-0.2, 0) is 17.8 Å². The van der Waals surface area contributed by atoms with E-state index < -0.39 is 11.9 Å². The van der Waals surface area contributed by atoms with E-state index in [4.69, 9.17) is 4.74 Å². The van der Waals surface area contributed by atoms with E-state index in [9.17, 15) is 9.90 Å². The first-order valence-corrected chi connectivity index (χ1v) is 7.68. The smallest absolute Gasteiger partial charge is 0.310 e. The molecule has 1 unspecified atom stereocenters. The molecule has 0 spiro atoms. The van der Waals surface area contributed by atoms with Crippen molar-refractivity contribution in [1.82, 2.24) is 0 Å². The molecule has 3 heteroatoms. The summed E-state index contributed by atoms with van der Waals surface area (Å²) in [6, 6.07) is 14.0. The quantitative estimate of drug-likeness (QED) is 0.924. The zero-order valence-electron chi connectivity index (χ0n) is 12.7. The minimum atomic E-state index is -0.732. The van der Waals surface area contributed by atoms with Crippen LogP contribution in [-0.4, -0.2) is 11.1 Å². The van der Waals surface area contributed by atoms with E-state index in [0.717, 1.165) is 40.8 Å². The van der Waals surface area contributed by atoms with Crippen molar-refractivity contribution < 1.29 is 14.6 Å². The highest BCUT2D eigenvalue weighted by molar-refractivity contribution is 5.78. The SMILES string of the molecule is Cc1ccc(OCc2ccccc2)c2c1C(C(=O)O)CCC2. The molecule has 2 aromatic rings. The number of fused-ring (bicyclic) bond motifs is 1. The number of ether oxygens (including phenoxy) is 1. The van der Waals surface area contributed by atoms with Crippen molar-refractivity contribution in [2.45, 2.75) is 38.7 Å². The van der Waals surface area contributed by atoms with Gasteiger partial charge in [-0.15, -0.1) is 0 Å². The minimum absolute atomic E-state index is 0.399. The van der Waals surface area contributed by atoms with Gasteiger partial charge in [-0.1, -0.05) is 36.4 Å². The van der Waals surface area contributed by atoms with Crippen molar-refractivity contribution in [2.75, 3.05) is 0 Å². The van der Waals surface area contributed by atoms with Crippen molar-refractivity contribution in [2.24, 2.45) is 0 Å². The molecular weight excluding hydrogens is 276 g/mol. The summed E-state index contributed by atoms with van der Waals surface area (Å²) in [5, 5.41) is 9.47. The lowest BCUT2D eigenvalue weighted by molar-refractivity contribution is -0.139. The number of hydrogen-bond donors (Lipinski definition) is 1. The minimum Gasteiger partial charge on any atom is -0.489 e. The predicted molar refractivity (Wildman–Crippen MR) is 85.3 cm³/mol. The number of carboxylic acids is 1. The van der Waals surface area contributed by atoms with Crippen molar-refractivity contribution in [3.05, 3.63) is 64.7 Å². The molecule has 1 N–H and O–H groups in total. The number of carboxylic acid groups (broad SMARTS) is 1. The molecule has 0 heterocycles. The molecule has 3 rings (SSSR count). The maximum absolute atomic E-state index is 11.5. The lowest BCUT2D eigenvalue weighted by Crippen LogP contribution is -2.20. The van der Waals surface area contributed by atoms with Crippen molar-refractivity contribution in [1.29, 1.82) is 0 Å². The number of aryl methyl sites for hydroxylation is 1. The Balaban J connectivity index is 1.90. The normalized spacial score (nSPS) is 16.9. The van der Waals surface area contributed by atoms with Gasteiger partial charge in [-0.05, 0) is 54.5 Å². The van der Waals surface area contributed by atoms with Crippen molar-refractivity contribution in [3.63, 3.8) is 0 Å². The molecule has 0 aliphatic heterocycles. The van der Waals surface area contributed by atoms with Gasteiger partial charge in [0.2, 0.25) is 0 Å². The Morgan fingerprint density at radius 2 is 2.00 bits per heavy atom. The summed E-state index contributed by atoms with van der Waals surface area (Å²) in [5.74, 6) is -0.302. The second-order valence-corrected chi connectivity index (χ2v) is 5.83. The Labute approximate surface area is 130 Å². The molecule has 0 bridgehead atoms. The third-order valence-electron chi connectivity index (χ3n) is 4.34. The fraction of sp³-hybridized carbons (Fsp3) is 0.316. The highest BCUT2D eigenvalue weighted by Crippen LogP contribution is 2.39. The van der Waals surface area contributed by atoms with E-state index in [1.54, 1.807) is 0 Å². The van der Waals surface area contributed by atoms with Gasteiger partial charge in [0, 0.05) is 0 Å². The first-order chi connectivity index (χ1) is 10.7. The van der Waals surface area contributed by atoms with Gasteiger partial charge >= 0.3 is 5.97 Å². The summed E-state index contributed by atoms with van der Waals surface area (Å²) in [7, 11) is 0. The van der Waals surface area contributed by atoms with Crippen LogP contribution in [0.5, 0.6) is 5.75 Å². The molecule has 1 atom stereocenters. The summed E-state index contributed by atoms with van der Waals surface area (Å²) in [5.41, 5.74) is 4.20. The van der Waals surface area contributed by atoms with Crippen LogP contribution in [0.15, 0.2) is 42.5 Å². The summed E-state index contributed by atoms with van der Waals surface area (Å²) >= 11 is 0. The summed E-state index contributed by atoms with van der Waals surface area (Å²) in [6.07, 6.45) is 2.51. The Morgan fingerprint density at radius 1 is 1.23 bits per heavy atom. The fourth-order valence-corrected chi connectivity index (χ4v) is 3.25. The monoisotopic (exact) mass is 296 g/mol. The van der Waals surface area contributed by atoms with E-state index in [0.29, 0.717) is 13.0 Å². The maximum atomic E-state index is 11.5. The van der Waals surface area contributed by atoms with E-state index >= 15 is 0 Å². The van der Waals surface area contributed by atoms with Crippen LogP contribution in [0.4, 0.5) is 0 Å². The second kappa shape index (κ2) is 6.22. The topological polar surface area (TPSA) is 46.5 Å². The largest absolute Gasteiger partial charge is 0.489 e.